The van der Waals surface area contributed by atoms with Crippen LogP contribution >= 0.6 is 0 Å². The van der Waals surface area contributed by atoms with Gasteiger partial charge in [-0.2, -0.15) is 0 Å². The summed E-state index contributed by atoms with van der Waals surface area (Å²) in [6.07, 6.45) is 0.390. The fourth-order valence-electron chi connectivity index (χ4n) is 1.68. The molecule has 2 aromatic carbocycles. The maximum atomic E-state index is 13.6. The van der Waals surface area contributed by atoms with Gasteiger partial charge >= 0.3 is 5.97 Å². The van der Waals surface area contributed by atoms with Crippen LogP contribution in [0.1, 0.15) is 15.9 Å². The lowest BCUT2D eigenvalue weighted by molar-refractivity contribution is 0.0696. The summed E-state index contributed by atoms with van der Waals surface area (Å²) in [7, 11) is 0. The lowest BCUT2D eigenvalue weighted by Crippen LogP contribution is -2.04. The van der Waals surface area contributed by atoms with Crippen LogP contribution in [-0.4, -0.2) is 17.7 Å². The van der Waals surface area contributed by atoms with E-state index in [1.807, 2.05) is 30.3 Å². The van der Waals surface area contributed by atoms with Gasteiger partial charge in [-0.05, 0) is 29.8 Å². The molecule has 0 bridgehead atoms. The van der Waals surface area contributed by atoms with E-state index >= 15 is 0 Å². The third-order valence-corrected chi connectivity index (χ3v) is 2.68. The van der Waals surface area contributed by atoms with Crippen molar-refractivity contribution >= 4 is 5.97 Å². The smallest absolute Gasteiger partial charge is 0.335 e. The summed E-state index contributed by atoms with van der Waals surface area (Å²) >= 11 is 0. The molecule has 0 aliphatic rings. The van der Waals surface area contributed by atoms with Crippen LogP contribution in [0.25, 0.3) is 0 Å². The molecule has 0 spiro atoms. The summed E-state index contributed by atoms with van der Waals surface area (Å²) in [6, 6.07) is 13.1. The normalized spacial score (nSPS) is 10.2. The highest BCUT2D eigenvalue weighted by Crippen LogP contribution is 2.13. The van der Waals surface area contributed by atoms with Crippen LogP contribution < -0.4 is 4.74 Å². The molecule has 0 atom stereocenters. The lowest BCUT2D eigenvalue weighted by atomic mass is 10.1. The molecule has 4 heteroatoms. The predicted molar refractivity (Wildman–Crippen MR) is 69.0 cm³/mol. The average Bonchev–Trinajstić information content (AvgIpc) is 2.41. The number of rotatable bonds is 5. The van der Waals surface area contributed by atoms with E-state index in [9.17, 15) is 9.18 Å². The van der Waals surface area contributed by atoms with Crippen molar-refractivity contribution in [3.8, 4) is 5.75 Å². The van der Waals surface area contributed by atoms with Crippen molar-refractivity contribution in [2.75, 3.05) is 6.61 Å². The van der Waals surface area contributed by atoms with Crippen LogP contribution in [-0.2, 0) is 6.42 Å². The maximum absolute atomic E-state index is 13.6. The average molecular weight is 260 g/mol. The van der Waals surface area contributed by atoms with Crippen molar-refractivity contribution in [1.82, 2.24) is 0 Å². The van der Waals surface area contributed by atoms with Gasteiger partial charge in [0.15, 0.2) is 0 Å². The second-order valence-corrected chi connectivity index (χ2v) is 4.02. The number of hydrogen-bond acceptors (Lipinski definition) is 2. The van der Waals surface area contributed by atoms with E-state index < -0.39 is 11.8 Å². The van der Waals surface area contributed by atoms with Gasteiger partial charge in [-0.3, -0.25) is 0 Å². The number of para-hydroxylation sites is 1. The van der Waals surface area contributed by atoms with E-state index in [1.165, 1.54) is 12.1 Å². The maximum Gasteiger partial charge on any atom is 0.335 e. The quantitative estimate of drug-likeness (QED) is 0.898. The molecule has 98 valence electrons. The summed E-state index contributed by atoms with van der Waals surface area (Å²) < 4.78 is 19.1. The van der Waals surface area contributed by atoms with Gasteiger partial charge in [0.2, 0.25) is 0 Å². The van der Waals surface area contributed by atoms with Crippen molar-refractivity contribution in [1.29, 1.82) is 0 Å². The summed E-state index contributed by atoms with van der Waals surface area (Å²) in [5, 5.41) is 8.73. The number of carboxylic acid groups (broad SMARTS) is 1. The molecule has 2 rings (SSSR count). The highest BCUT2D eigenvalue weighted by molar-refractivity contribution is 5.87. The van der Waals surface area contributed by atoms with Crippen LogP contribution in [0.4, 0.5) is 4.39 Å². The van der Waals surface area contributed by atoms with Gasteiger partial charge in [-0.15, -0.1) is 0 Å². The van der Waals surface area contributed by atoms with Gasteiger partial charge in [0, 0.05) is 6.42 Å². The minimum Gasteiger partial charge on any atom is -0.493 e. The van der Waals surface area contributed by atoms with Crippen LogP contribution in [0.15, 0.2) is 48.5 Å². The molecule has 0 heterocycles. The Kier molecular flexibility index (Phi) is 4.13. The van der Waals surface area contributed by atoms with Gasteiger partial charge in [0.05, 0.1) is 12.2 Å². The Bertz CT molecular complexity index is 567. The lowest BCUT2D eigenvalue weighted by Gasteiger charge is -2.07. The highest BCUT2D eigenvalue weighted by Gasteiger charge is 2.08. The van der Waals surface area contributed by atoms with Gasteiger partial charge in [0.25, 0.3) is 0 Å². The first-order valence-electron chi connectivity index (χ1n) is 5.86. The van der Waals surface area contributed by atoms with E-state index in [-0.39, 0.29) is 5.56 Å². The zero-order valence-electron chi connectivity index (χ0n) is 10.2. The molecule has 2 aromatic rings. The van der Waals surface area contributed by atoms with Crippen LogP contribution in [0.5, 0.6) is 5.75 Å². The standard InChI is InChI=1S/C15H13FO3/c16-14-10-12(15(17)18)7-6-11(14)8-9-19-13-4-2-1-3-5-13/h1-7,10H,8-9H2,(H,17,18). The van der Waals surface area contributed by atoms with Crippen molar-refractivity contribution in [2.45, 2.75) is 6.42 Å². The molecule has 0 saturated carbocycles. The van der Waals surface area contributed by atoms with Crippen LogP contribution in [0.2, 0.25) is 0 Å². The molecule has 0 aliphatic carbocycles. The van der Waals surface area contributed by atoms with E-state index in [4.69, 9.17) is 9.84 Å². The van der Waals surface area contributed by atoms with Crippen LogP contribution in [0.3, 0.4) is 0 Å². The molecule has 0 fully saturated rings. The minimum absolute atomic E-state index is 0.0507. The number of carboxylic acids is 1. The van der Waals surface area contributed by atoms with Crippen molar-refractivity contribution in [3.63, 3.8) is 0 Å². The van der Waals surface area contributed by atoms with Gasteiger partial charge in [0.1, 0.15) is 11.6 Å². The van der Waals surface area contributed by atoms with E-state index in [0.29, 0.717) is 18.6 Å². The Morgan fingerprint density at radius 3 is 2.53 bits per heavy atom. The van der Waals surface area contributed by atoms with Crippen molar-refractivity contribution in [2.24, 2.45) is 0 Å². The molecule has 0 aromatic heterocycles. The Morgan fingerprint density at radius 1 is 1.16 bits per heavy atom. The van der Waals surface area contributed by atoms with Crippen molar-refractivity contribution < 1.29 is 19.0 Å². The SMILES string of the molecule is O=C(O)c1ccc(CCOc2ccccc2)c(F)c1. The molecular formula is C15H13FO3. The minimum atomic E-state index is -1.13. The van der Waals surface area contributed by atoms with Gasteiger partial charge in [-0.1, -0.05) is 24.3 Å². The Hall–Kier alpha value is -2.36. The predicted octanol–water partition coefficient (Wildman–Crippen LogP) is 3.15. The zero-order chi connectivity index (χ0) is 13.7. The summed E-state index contributed by atoms with van der Waals surface area (Å²) in [6.45, 7) is 0.341. The Morgan fingerprint density at radius 2 is 1.89 bits per heavy atom. The largest absolute Gasteiger partial charge is 0.493 e. The number of benzene rings is 2. The molecule has 0 amide bonds. The highest BCUT2D eigenvalue weighted by atomic mass is 19.1. The number of carbonyl (C=O) groups is 1. The van der Waals surface area contributed by atoms with Crippen LogP contribution in [0, 0.1) is 5.82 Å². The molecule has 0 saturated heterocycles. The number of halogens is 1. The third kappa shape index (κ3) is 3.55. The first kappa shape index (κ1) is 13.1. The fourth-order valence-corrected chi connectivity index (χ4v) is 1.68. The number of aromatic carboxylic acids is 1. The summed E-state index contributed by atoms with van der Waals surface area (Å²) in [5.41, 5.74) is 0.395. The zero-order valence-corrected chi connectivity index (χ0v) is 10.2. The van der Waals surface area contributed by atoms with E-state index in [2.05, 4.69) is 0 Å². The van der Waals surface area contributed by atoms with Crippen molar-refractivity contribution in [3.05, 3.63) is 65.5 Å². The first-order chi connectivity index (χ1) is 9.16. The molecule has 0 aliphatic heterocycles. The Labute approximate surface area is 110 Å². The summed E-state index contributed by atoms with van der Waals surface area (Å²) in [5.74, 6) is -0.924. The molecule has 1 N–H and O–H groups in total. The topological polar surface area (TPSA) is 46.5 Å². The Balaban J connectivity index is 1.95. The second-order valence-electron chi connectivity index (χ2n) is 4.02. The van der Waals surface area contributed by atoms with Gasteiger partial charge in [-0.25, -0.2) is 9.18 Å². The fraction of sp³-hybridized carbons (Fsp3) is 0.133. The summed E-state index contributed by atoms with van der Waals surface area (Å²) in [4.78, 5) is 10.7. The van der Waals surface area contributed by atoms with Gasteiger partial charge < -0.3 is 9.84 Å². The number of hydrogen-bond donors (Lipinski definition) is 1. The van der Waals surface area contributed by atoms with E-state index in [0.717, 1.165) is 11.8 Å². The number of ether oxygens (including phenoxy) is 1. The molecule has 19 heavy (non-hydrogen) atoms. The molecule has 0 unspecified atom stereocenters. The third-order valence-electron chi connectivity index (χ3n) is 2.68. The monoisotopic (exact) mass is 260 g/mol. The first-order valence-corrected chi connectivity index (χ1v) is 5.86. The second kappa shape index (κ2) is 6.00. The molecular weight excluding hydrogens is 247 g/mol. The van der Waals surface area contributed by atoms with E-state index in [1.54, 1.807) is 0 Å². The molecule has 0 radical (unpaired) electrons. The molecule has 3 nitrogen and oxygen atoms in total.